The number of rotatable bonds is 4. The molecule has 0 aliphatic carbocycles. The second-order valence-electron chi connectivity index (χ2n) is 6.31. The highest BCUT2D eigenvalue weighted by molar-refractivity contribution is 5.90. The van der Waals surface area contributed by atoms with Crippen molar-refractivity contribution in [2.75, 3.05) is 11.9 Å². The molecule has 2 N–H and O–H groups in total. The van der Waals surface area contributed by atoms with Crippen LogP contribution in [0.25, 0.3) is 0 Å². The van der Waals surface area contributed by atoms with E-state index in [1.807, 2.05) is 0 Å². The Hall–Kier alpha value is -2.55. The van der Waals surface area contributed by atoms with Gasteiger partial charge in [-0.1, -0.05) is 17.3 Å². The average molecular weight is 368 g/mol. The molecule has 26 heavy (non-hydrogen) atoms. The highest BCUT2D eigenvalue weighted by atomic mass is 19.4. The predicted molar refractivity (Wildman–Crippen MR) is 88.4 cm³/mol. The van der Waals surface area contributed by atoms with Gasteiger partial charge in [-0.15, -0.1) is 0 Å². The van der Waals surface area contributed by atoms with E-state index in [-0.39, 0.29) is 19.6 Å². The first-order valence-electron chi connectivity index (χ1n) is 8.09. The number of carbonyl (C=O) groups excluding carboxylic acids is 1. The van der Waals surface area contributed by atoms with Crippen molar-refractivity contribution in [1.82, 2.24) is 15.4 Å². The molecule has 140 valence electrons. The summed E-state index contributed by atoms with van der Waals surface area (Å²) >= 11 is 0. The van der Waals surface area contributed by atoms with Gasteiger partial charge in [-0.25, -0.2) is 4.79 Å². The molecular weight excluding hydrogens is 349 g/mol. The third-order valence-corrected chi connectivity index (χ3v) is 4.31. The first kappa shape index (κ1) is 18.2. The zero-order valence-corrected chi connectivity index (χ0v) is 14.4. The molecule has 0 atom stereocenters. The second-order valence-corrected chi connectivity index (χ2v) is 6.31. The Bertz CT molecular complexity index is 797. The third-order valence-electron chi connectivity index (χ3n) is 4.31. The number of amides is 2. The first-order valence-corrected chi connectivity index (χ1v) is 8.09. The van der Waals surface area contributed by atoms with E-state index in [4.69, 9.17) is 4.52 Å². The van der Waals surface area contributed by atoms with Gasteiger partial charge in [-0.05, 0) is 31.0 Å². The van der Waals surface area contributed by atoms with Crippen molar-refractivity contribution in [2.45, 2.75) is 39.7 Å². The summed E-state index contributed by atoms with van der Waals surface area (Å²) in [6.07, 6.45) is -4.25. The molecule has 0 spiro atoms. The Balaban J connectivity index is 1.63. The van der Waals surface area contributed by atoms with Gasteiger partial charge in [0.05, 0.1) is 12.2 Å². The summed E-state index contributed by atoms with van der Waals surface area (Å²) in [4.78, 5) is 13.5. The van der Waals surface area contributed by atoms with Crippen LogP contribution in [0.15, 0.2) is 22.7 Å². The number of hydrogen-bond acceptors (Lipinski definition) is 4. The van der Waals surface area contributed by atoms with Gasteiger partial charge in [0.1, 0.15) is 5.76 Å². The summed E-state index contributed by atoms with van der Waals surface area (Å²) in [7, 11) is 0. The van der Waals surface area contributed by atoms with Crippen LogP contribution >= 0.6 is 0 Å². The maximum Gasteiger partial charge on any atom is 0.401 e. The van der Waals surface area contributed by atoms with Gasteiger partial charge in [0.15, 0.2) is 0 Å². The number of carbonyl (C=O) groups is 1. The van der Waals surface area contributed by atoms with E-state index in [0.29, 0.717) is 22.7 Å². The molecule has 0 bridgehead atoms. The van der Waals surface area contributed by atoms with Gasteiger partial charge < -0.3 is 15.2 Å². The quantitative estimate of drug-likeness (QED) is 0.867. The molecule has 0 unspecified atom stereocenters. The summed E-state index contributed by atoms with van der Waals surface area (Å²) in [6.45, 7) is 3.18. The minimum atomic E-state index is -4.25. The number of alkyl halides is 3. The van der Waals surface area contributed by atoms with Crippen molar-refractivity contribution in [1.29, 1.82) is 0 Å². The van der Waals surface area contributed by atoms with Crippen molar-refractivity contribution < 1.29 is 22.5 Å². The van der Waals surface area contributed by atoms with Crippen LogP contribution in [0.1, 0.15) is 28.1 Å². The lowest BCUT2D eigenvalue weighted by atomic mass is 10.1. The van der Waals surface area contributed by atoms with Crippen LogP contribution in [-0.2, 0) is 19.6 Å². The zero-order chi connectivity index (χ0) is 18.9. The lowest BCUT2D eigenvalue weighted by Gasteiger charge is -2.17. The fourth-order valence-electron chi connectivity index (χ4n) is 3.06. The molecule has 0 saturated heterocycles. The Morgan fingerprint density at radius 3 is 2.73 bits per heavy atom. The Morgan fingerprint density at radius 1 is 1.31 bits per heavy atom. The monoisotopic (exact) mass is 368 g/mol. The van der Waals surface area contributed by atoms with Crippen molar-refractivity contribution >= 4 is 11.7 Å². The lowest BCUT2D eigenvalue weighted by molar-refractivity contribution is -0.146. The smallest absolute Gasteiger partial charge is 0.361 e. The number of halogens is 3. The standard InChI is InChI=1S/C17H19F3N4O2/c1-10-13(11(2)26-23-10)6-21-16(25)22-15-5-3-4-12-7-24(8-14(12)15)9-17(18,19)20/h3-5H,6-9H2,1-2H3,(H2,21,22,25). The second kappa shape index (κ2) is 6.99. The van der Waals surface area contributed by atoms with E-state index >= 15 is 0 Å². The molecule has 2 amide bonds. The molecule has 2 heterocycles. The number of aryl methyl sites for hydroxylation is 2. The molecule has 1 aliphatic rings. The topological polar surface area (TPSA) is 70.4 Å². The number of anilines is 1. The van der Waals surface area contributed by atoms with E-state index in [2.05, 4.69) is 15.8 Å². The van der Waals surface area contributed by atoms with E-state index in [1.165, 1.54) is 4.90 Å². The maximum absolute atomic E-state index is 12.6. The normalized spacial score (nSPS) is 14.3. The van der Waals surface area contributed by atoms with Gasteiger partial charge in [0, 0.05) is 30.9 Å². The molecule has 6 nitrogen and oxygen atoms in total. The van der Waals surface area contributed by atoms with Crippen molar-refractivity contribution in [2.24, 2.45) is 0 Å². The number of benzene rings is 1. The van der Waals surface area contributed by atoms with Gasteiger partial charge in [0.2, 0.25) is 0 Å². The van der Waals surface area contributed by atoms with Crippen LogP contribution in [0.5, 0.6) is 0 Å². The number of nitrogens with one attached hydrogen (secondary N) is 2. The molecular formula is C17H19F3N4O2. The number of aromatic nitrogens is 1. The van der Waals surface area contributed by atoms with Crippen molar-refractivity contribution in [3.05, 3.63) is 46.3 Å². The number of hydrogen-bond donors (Lipinski definition) is 2. The molecule has 1 aliphatic heterocycles. The molecule has 1 aromatic carbocycles. The van der Waals surface area contributed by atoms with E-state index in [0.717, 1.165) is 11.1 Å². The molecule has 9 heteroatoms. The van der Waals surface area contributed by atoms with Gasteiger partial charge >= 0.3 is 12.2 Å². The summed E-state index contributed by atoms with van der Waals surface area (Å²) in [6, 6.07) is 4.75. The minimum Gasteiger partial charge on any atom is -0.361 e. The van der Waals surface area contributed by atoms with Crippen LogP contribution in [0.2, 0.25) is 0 Å². The largest absolute Gasteiger partial charge is 0.401 e. The fraction of sp³-hybridized carbons (Fsp3) is 0.412. The Kier molecular flexibility index (Phi) is 4.90. The van der Waals surface area contributed by atoms with Gasteiger partial charge in [0.25, 0.3) is 0 Å². The molecule has 2 aromatic rings. The number of fused-ring (bicyclic) bond motifs is 1. The van der Waals surface area contributed by atoms with Crippen molar-refractivity contribution in [3.63, 3.8) is 0 Å². The Morgan fingerprint density at radius 2 is 2.08 bits per heavy atom. The molecule has 3 rings (SSSR count). The fourth-order valence-corrected chi connectivity index (χ4v) is 3.06. The zero-order valence-electron chi connectivity index (χ0n) is 14.4. The van der Waals surface area contributed by atoms with E-state index < -0.39 is 18.8 Å². The highest BCUT2D eigenvalue weighted by Crippen LogP contribution is 2.31. The van der Waals surface area contributed by atoms with Crippen LogP contribution in [-0.4, -0.2) is 28.8 Å². The molecule has 0 fully saturated rings. The molecule has 0 saturated carbocycles. The molecule has 0 radical (unpaired) electrons. The predicted octanol–water partition coefficient (Wildman–Crippen LogP) is 3.49. The minimum absolute atomic E-state index is 0.148. The lowest BCUT2D eigenvalue weighted by Crippen LogP contribution is -2.30. The van der Waals surface area contributed by atoms with Crippen LogP contribution in [0.3, 0.4) is 0 Å². The van der Waals surface area contributed by atoms with E-state index in [9.17, 15) is 18.0 Å². The van der Waals surface area contributed by atoms with Crippen molar-refractivity contribution in [3.8, 4) is 0 Å². The summed E-state index contributed by atoms with van der Waals surface area (Å²) in [5, 5.41) is 9.25. The summed E-state index contributed by atoms with van der Waals surface area (Å²) < 4.78 is 42.9. The first-order chi connectivity index (χ1) is 12.2. The molecule has 1 aromatic heterocycles. The number of urea groups is 1. The van der Waals surface area contributed by atoms with Crippen LogP contribution < -0.4 is 10.6 Å². The van der Waals surface area contributed by atoms with Crippen LogP contribution in [0.4, 0.5) is 23.7 Å². The van der Waals surface area contributed by atoms with Gasteiger partial charge in [-0.2, -0.15) is 13.2 Å². The van der Waals surface area contributed by atoms with Crippen LogP contribution in [0, 0.1) is 13.8 Å². The number of nitrogens with zero attached hydrogens (tertiary/aromatic N) is 2. The van der Waals surface area contributed by atoms with Gasteiger partial charge in [-0.3, -0.25) is 4.90 Å². The summed E-state index contributed by atoms with van der Waals surface area (Å²) in [5.41, 5.74) is 3.52. The summed E-state index contributed by atoms with van der Waals surface area (Å²) in [5.74, 6) is 0.631. The Labute approximate surface area is 148 Å². The average Bonchev–Trinajstić information content (AvgIpc) is 3.07. The third kappa shape index (κ3) is 4.16. The van der Waals surface area contributed by atoms with E-state index in [1.54, 1.807) is 32.0 Å². The maximum atomic E-state index is 12.6. The highest BCUT2D eigenvalue weighted by Gasteiger charge is 2.34. The SMILES string of the molecule is Cc1noc(C)c1CNC(=O)Nc1cccc2c1CN(CC(F)(F)F)C2.